The molecular formula is C9H8N6O2S. The van der Waals surface area contributed by atoms with E-state index in [4.69, 9.17) is 16.6 Å². The second-order valence-corrected chi connectivity index (χ2v) is 4.11. The van der Waals surface area contributed by atoms with Gasteiger partial charge in [0, 0.05) is 6.07 Å². The van der Waals surface area contributed by atoms with Crippen molar-refractivity contribution in [2.45, 2.75) is 10.2 Å². The molecule has 2 aromatic rings. The van der Waals surface area contributed by atoms with Crippen LogP contribution in [0.25, 0.3) is 0 Å². The lowest BCUT2D eigenvalue weighted by molar-refractivity contribution is 0.0692. The molecule has 2 heterocycles. The highest BCUT2D eigenvalue weighted by Gasteiger charge is 2.14. The molecule has 0 aromatic carbocycles. The summed E-state index contributed by atoms with van der Waals surface area (Å²) < 4.78 is 0. The molecule has 0 saturated heterocycles. The molecule has 0 spiro atoms. The zero-order valence-corrected chi connectivity index (χ0v) is 9.76. The van der Waals surface area contributed by atoms with E-state index in [2.05, 4.69) is 20.2 Å². The second kappa shape index (κ2) is 4.84. The summed E-state index contributed by atoms with van der Waals surface area (Å²) in [6.45, 7) is 0. The average molecular weight is 264 g/mol. The Morgan fingerprint density at radius 3 is 2.56 bits per heavy atom. The van der Waals surface area contributed by atoms with Crippen LogP contribution in [0.5, 0.6) is 0 Å². The van der Waals surface area contributed by atoms with Crippen molar-refractivity contribution in [3.8, 4) is 0 Å². The lowest BCUT2D eigenvalue weighted by atomic mass is 10.3. The minimum Gasteiger partial charge on any atom is -0.478 e. The third-order valence-corrected chi connectivity index (χ3v) is 2.71. The average Bonchev–Trinajstić information content (AvgIpc) is 2.27. The number of nitrogens with two attached hydrogens (primary N) is 2. The van der Waals surface area contributed by atoms with E-state index in [0.717, 1.165) is 11.8 Å². The molecule has 9 heteroatoms. The third kappa shape index (κ3) is 2.63. The lowest BCUT2D eigenvalue weighted by Crippen LogP contribution is -2.03. The van der Waals surface area contributed by atoms with Gasteiger partial charge in [-0.15, -0.1) is 5.10 Å². The molecule has 0 aliphatic carbocycles. The van der Waals surface area contributed by atoms with Crippen LogP contribution in [0.3, 0.4) is 0 Å². The van der Waals surface area contributed by atoms with Gasteiger partial charge in [0.2, 0.25) is 0 Å². The van der Waals surface area contributed by atoms with E-state index in [-0.39, 0.29) is 27.4 Å². The Labute approximate surface area is 105 Å². The Morgan fingerprint density at radius 1 is 1.28 bits per heavy atom. The summed E-state index contributed by atoms with van der Waals surface area (Å²) in [4.78, 5) is 18.8. The molecule has 0 atom stereocenters. The first kappa shape index (κ1) is 12.0. The van der Waals surface area contributed by atoms with Crippen molar-refractivity contribution >= 4 is 29.4 Å². The fourth-order valence-electron chi connectivity index (χ4n) is 1.15. The van der Waals surface area contributed by atoms with E-state index in [0.29, 0.717) is 0 Å². The van der Waals surface area contributed by atoms with E-state index in [1.807, 2.05) is 0 Å². The zero-order valence-electron chi connectivity index (χ0n) is 8.94. The Bertz CT molecular complexity index is 585. The van der Waals surface area contributed by atoms with Crippen molar-refractivity contribution in [1.82, 2.24) is 20.2 Å². The van der Waals surface area contributed by atoms with E-state index in [1.165, 1.54) is 18.3 Å². The van der Waals surface area contributed by atoms with Crippen LogP contribution in [0, 0.1) is 0 Å². The molecule has 0 aliphatic rings. The molecule has 0 unspecified atom stereocenters. The van der Waals surface area contributed by atoms with Gasteiger partial charge in [-0.1, -0.05) is 0 Å². The molecule has 0 fully saturated rings. The second-order valence-electron chi connectivity index (χ2n) is 3.16. The maximum absolute atomic E-state index is 11.0. The Hall–Kier alpha value is -2.42. The lowest BCUT2D eigenvalue weighted by Gasteiger charge is -2.03. The fraction of sp³-hybridized carbons (Fsp3) is 0. The highest BCUT2D eigenvalue weighted by Crippen LogP contribution is 2.26. The number of nitrogens with zero attached hydrogens (tertiary/aromatic N) is 4. The van der Waals surface area contributed by atoms with E-state index in [1.54, 1.807) is 0 Å². The molecule has 8 nitrogen and oxygen atoms in total. The fourth-order valence-corrected chi connectivity index (χ4v) is 1.98. The molecule has 92 valence electrons. The van der Waals surface area contributed by atoms with Crippen LogP contribution in [0.2, 0.25) is 0 Å². The number of aromatic carboxylic acids is 1. The van der Waals surface area contributed by atoms with Gasteiger partial charge in [-0.05, 0) is 17.8 Å². The number of carbonyl (C=O) groups is 1. The van der Waals surface area contributed by atoms with Crippen molar-refractivity contribution < 1.29 is 9.90 Å². The van der Waals surface area contributed by atoms with Crippen molar-refractivity contribution in [1.29, 1.82) is 0 Å². The number of rotatable bonds is 3. The molecule has 0 saturated carbocycles. The standard InChI is InChI=1S/C9H8N6O2S/c10-5-3-6(11)14-9(13-5)18-7-4(8(16)17)1-2-12-15-7/h1-3H,(H,16,17)(H4,10,11,13,14). The zero-order chi connectivity index (χ0) is 13.1. The molecule has 0 aliphatic heterocycles. The highest BCUT2D eigenvalue weighted by molar-refractivity contribution is 7.99. The molecule has 5 N–H and O–H groups in total. The van der Waals surface area contributed by atoms with Gasteiger partial charge < -0.3 is 16.6 Å². The number of hydrogen-bond donors (Lipinski definition) is 3. The van der Waals surface area contributed by atoms with Crippen molar-refractivity contribution in [3.05, 3.63) is 23.9 Å². The molecule has 2 rings (SSSR count). The van der Waals surface area contributed by atoms with Gasteiger partial charge in [-0.3, -0.25) is 0 Å². The van der Waals surface area contributed by atoms with Crippen LogP contribution < -0.4 is 11.5 Å². The van der Waals surface area contributed by atoms with Crippen LogP contribution in [0.15, 0.2) is 28.5 Å². The summed E-state index contributed by atoms with van der Waals surface area (Å²) in [5, 5.41) is 16.7. The molecule has 18 heavy (non-hydrogen) atoms. The van der Waals surface area contributed by atoms with Crippen LogP contribution >= 0.6 is 11.8 Å². The van der Waals surface area contributed by atoms with E-state index in [9.17, 15) is 4.79 Å². The smallest absolute Gasteiger partial charge is 0.338 e. The van der Waals surface area contributed by atoms with Crippen LogP contribution in [-0.4, -0.2) is 31.2 Å². The summed E-state index contributed by atoms with van der Waals surface area (Å²) in [5.41, 5.74) is 11.0. The van der Waals surface area contributed by atoms with Gasteiger partial charge in [-0.2, -0.15) is 5.10 Å². The summed E-state index contributed by atoms with van der Waals surface area (Å²) >= 11 is 0.934. The van der Waals surface area contributed by atoms with Gasteiger partial charge in [0.15, 0.2) is 5.16 Å². The van der Waals surface area contributed by atoms with Crippen molar-refractivity contribution in [2.75, 3.05) is 11.5 Å². The minimum absolute atomic E-state index is 0.0135. The summed E-state index contributed by atoms with van der Waals surface area (Å²) in [7, 11) is 0. The first-order valence-electron chi connectivity index (χ1n) is 4.69. The SMILES string of the molecule is Nc1cc(N)nc(Sc2nnccc2C(=O)O)n1. The molecular weight excluding hydrogens is 256 g/mol. The van der Waals surface area contributed by atoms with Crippen LogP contribution in [0.4, 0.5) is 11.6 Å². The quantitative estimate of drug-likeness (QED) is 0.666. The Kier molecular flexibility index (Phi) is 3.24. The van der Waals surface area contributed by atoms with E-state index >= 15 is 0 Å². The summed E-state index contributed by atoms with van der Waals surface area (Å²) in [5.74, 6) is -0.708. The number of aromatic nitrogens is 4. The third-order valence-electron chi connectivity index (χ3n) is 1.85. The van der Waals surface area contributed by atoms with Gasteiger partial charge in [0.1, 0.15) is 16.7 Å². The topological polar surface area (TPSA) is 141 Å². The monoisotopic (exact) mass is 264 g/mol. The Morgan fingerprint density at radius 2 is 1.94 bits per heavy atom. The van der Waals surface area contributed by atoms with Gasteiger partial charge >= 0.3 is 5.97 Å². The van der Waals surface area contributed by atoms with E-state index < -0.39 is 5.97 Å². The Balaban J connectivity index is 2.37. The number of carboxylic acid groups (broad SMARTS) is 1. The number of nitrogen functional groups attached to an aromatic ring is 2. The maximum Gasteiger partial charge on any atom is 0.338 e. The first-order chi connectivity index (χ1) is 8.56. The summed E-state index contributed by atoms with van der Waals surface area (Å²) in [6.07, 6.45) is 1.29. The van der Waals surface area contributed by atoms with Gasteiger partial charge in [0.05, 0.1) is 11.8 Å². The predicted octanol–water partition coefficient (Wildman–Crippen LogP) is 0.280. The van der Waals surface area contributed by atoms with Gasteiger partial charge in [0.25, 0.3) is 0 Å². The normalized spacial score (nSPS) is 10.2. The van der Waals surface area contributed by atoms with Gasteiger partial charge in [-0.25, -0.2) is 14.8 Å². The highest BCUT2D eigenvalue weighted by atomic mass is 32.2. The molecule has 0 radical (unpaired) electrons. The molecule has 0 amide bonds. The predicted molar refractivity (Wildman–Crippen MR) is 64.0 cm³/mol. The summed E-state index contributed by atoms with van der Waals surface area (Å²) in [6, 6.07) is 2.74. The van der Waals surface area contributed by atoms with Crippen LogP contribution in [0.1, 0.15) is 10.4 Å². The molecule has 2 aromatic heterocycles. The number of hydrogen-bond acceptors (Lipinski definition) is 8. The van der Waals surface area contributed by atoms with Crippen molar-refractivity contribution in [2.24, 2.45) is 0 Å². The molecule has 0 bridgehead atoms. The number of carboxylic acids is 1. The van der Waals surface area contributed by atoms with Crippen LogP contribution in [-0.2, 0) is 0 Å². The maximum atomic E-state index is 11.0. The minimum atomic E-state index is -1.11. The largest absolute Gasteiger partial charge is 0.478 e. The first-order valence-corrected chi connectivity index (χ1v) is 5.51. The van der Waals surface area contributed by atoms with Crippen molar-refractivity contribution in [3.63, 3.8) is 0 Å². The number of anilines is 2.